The van der Waals surface area contributed by atoms with Crippen LogP contribution in [-0.4, -0.2) is 29.8 Å². The van der Waals surface area contributed by atoms with Gasteiger partial charge >= 0.3 is 0 Å². The summed E-state index contributed by atoms with van der Waals surface area (Å²) < 4.78 is 0. The molecule has 0 aliphatic carbocycles. The van der Waals surface area contributed by atoms with E-state index in [-0.39, 0.29) is 11.3 Å². The number of likely N-dealkylation sites (N-methyl/N-ethyl adjacent to an activating group) is 1. The first-order valence-corrected chi connectivity index (χ1v) is 5.42. The van der Waals surface area contributed by atoms with E-state index >= 15 is 0 Å². The van der Waals surface area contributed by atoms with Gasteiger partial charge in [-0.05, 0) is 38.8 Å². The van der Waals surface area contributed by atoms with Crippen molar-refractivity contribution in [1.29, 1.82) is 0 Å². The Morgan fingerprint density at radius 2 is 2.36 bits per heavy atom. The summed E-state index contributed by atoms with van der Waals surface area (Å²) in [6, 6.07) is 0. The predicted octanol–water partition coefficient (Wildman–Crippen LogP) is 2.25. The van der Waals surface area contributed by atoms with Gasteiger partial charge in [0.25, 0.3) is 0 Å². The standard InChI is InChI=1S/C12H21NO/c1-5-10-7-8-12(3,11(14)6-2)13(4)9-10/h6,10H,2,5,7-9H2,1,3-4H3. The maximum absolute atomic E-state index is 11.7. The van der Waals surface area contributed by atoms with E-state index in [0.717, 1.165) is 25.3 Å². The Kier molecular flexibility index (Phi) is 3.48. The fourth-order valence-electron chi connectivity index (χ4n) is 2.22. The van der Waals surface area contributed by atoms with E-state index in [1.54, 1.807) is 0 Å². The van der Waals surface area contributed by atoms with Crippen LogP contribution < -0.4 is 0 Å². The van der Waals surface area contributed by atoms with E-state index in [1.807, 2.05) is 14.0 Å². The van der Waals surface area contributed by atoms with Crippen molar-refractivity contribution in [3.63, 3.8) is 0 Å². The highest BCUT2D eigenvalue weighted by Crippen LogP contribution is 2.31. The Labute approximate surface area is 87.0 Å². The molecule has 2 unspecified atom stereocenters. The van der Waals surface area contributed by atoms with E-state index in [1.165, 1.54) is 12.5 Å². The highest BCUT2D eigenvalue weighted by atomic mass is 16.1. The SMILES string of the molecule is C=CC(=O)C1(C)CCC(CC)CN1C. The molecule has 1 rings (SSSR count). The molecule has 80 valence electrons. The molecule has 1 aliphatic heterocycles. The van der Waals surface area contributed by atoms with Gasteiger partial charge in [-0.1, -0.05) is 19.9 Å². The van der Waals surface area contributed by atoms with Crippen molar-refractivity contribution in [3.05, 3.63) is 12.7 Å². The van der Waals surface area contributed by atoms with Crippen molar-refractivity contribution in [3.8, 4) is 0 Å². The molecular weight excluding hydrogens is 174 g/mol. The summed E-state index contributed by atoms with van der Waals surface area (Å²) in [6.45, 7) is 8.86. The predicted molar refractivity (Wildman–Crippen MR) is 59.3 cm³/mol. The Bertz CT molecular complexity index is 236. The van der Waals surface area contributed by atoms with Crippen LogP contribution in [0.3, 0.4) is 0 Å². The van der Waals surface area contributed by atoms with E-state index in [2.05, 4.69) is 18.4 Å². The van der Waals surface area contributed by atoms with Crippen LogP contribution in [0.4, 0.5) is 0 Å². The number of rotatable bonds is 3. The number of ketones is 1. The zero-order valence-corrected chi connectivity index (χ0v) is 9.55. The van der Waals surface area contributed by atoms with Gasteiger partial charge in [-0.15, -0.1) is 0 Å². The molecular formula is C12H21NO. The average molecular weight is 195 g/mol. The molecule has 0 amide bonds. The highest BCUT2D eigenvalue weighted by molar-refractivity contribution is 5.97. The molecule has 1 heterocycles. The molecule has 0 spiro atoms. The zero-order chi connectivity index (χ0) is 10.8. The summed E-state index contributed by atoms with van der Waals surface area (Å²) in [4.78, 5) is 13.9. The molecule has 0 bridgehead atoms. The van der Waals surface area contributed by atoms with Gasteiger partial charge in [0.05, 0.1) is 5.54 Å². The summed E-state index contributed by atoms with van der Waals surface area (Å²) >= 11 is 0. The van der Waals surface area contributed by atoms with Gasteiger partial charge in [0.15, 0.2) is 5.78 Å². The van der Waals surface area contributed by atoms with Gasteiger partial charge in [-0.3, -0.25) is 9.69 Å². The van der Waals surface area contributed by atoms with E-state index in [0.29, 0.717) is 0 Å². The van der Waals surface area contributed by atoms with Crippen LogP contribution in [0.15, 0.2) is 12.7 Å². The summed E-state index contributed by atoms with van der Waals surface area (Å²) in [5, 5.41) is 0. The second kappa shape index (κ2) is 4.26. The Morgan fingerprint density at radius 3 is 2.79 bits per heavy atom. The minimum Gasteiger partial charge on any atom is -0.294 e. The molecule has 0 aromatic heterocycles. The van der Waals surface area contributed by atoms with E-state index in [4.69, 9.17) is 0 Å². The van der Waals surface area contributed by atoms with Crippen LogP contribution in [0.1, 0.15) is 33.1 Å². The van der Waals surface area contributed by atoms with Gasteiger partial charge < -0.3 is 0 Å². The van der Waals surface area contributed by atoms with Gasteiger partial charge in [-0.2, -0.15) is 0 Å². The zero-order valence-electron chi connectivity index (χ0n) is 9.55. The maximum atomic E-state index is 11.7. The number of carbonyl (C=O) groups excluding carboxylic acids is 1. The third-order valence-electron chi connectivity index (χ3n) is 3.71. The van der Waals surface area contributed by atoms with Crippen molar-refractivity contribution in [1.82, 2.24) is 4.90 Å². The minimum absolute atomic E-state index is 0.162. The van der Waals surface area contributed by atoms with Crippen molar-refractivity contribution in [2.24, 2.45) is 5.92 Å². The van der Waals surface area contributed by atoms with E-state index < -0.39 is 0 Å². The number of carbonyl (C=O) groups is 1. The van der Waals surface area contributed by atoms with Crippen molar-refractivity contribution < 1.29 is 4.79 Å². The van der Waals surface area contributed by atoms with Crippen LogP contribution >= 0.6 is 0 Å². The first-order chi connectivity index (χ1) is 6.54. The van der Waals surface area contributed by atoms with Crippen molar-refractivity contribution in [2.75, 3.05) is 13.6 Å². The fraction of sp³-hybridized carbons (Fsp3) is 0.750. The molecule has 0 aromatic rings. The minimum atomic E-state index is -0.298. The molecule has 14 heavy (non-hydrogen) atoms. The third kappa shape index (κ3) is 1.90. The highest BCUT2D eigenvalue weighted by Gasteiger charge is 2.39. The molecule has 2 nitrogen and oxygen atoms in total. The first-order valence-electron chi connectivity index (χ1n) is 5.42. The normalized spacial score (nSPS) is 34.1. The maximum Gasteiger partial charge on any atom is 0.175 e. The average Bonchev–Trinajstić information content (AvgIpc) is 2.21. The molecule has 0 aromatic carbocycles. The topological polar surface area (TPSA) is 20.3 Å². The molecule has 2 atom stereocenters. The lowest BCUT2D eigenvalue weighted by Gasteiger charge is -2.43. The van der Waals surface area contributed by atoms with Crippen LogP contribution in [-0.2, 0) is 4.79 Å². The van der Waals surface area contributed by atoms with Crippen LogP contribution in [0.25, 0.3) is 0 Å². The number of piperidine rings is 1. The molecule has 1 saturated heterocycles. The lowest BCUT2D eigenvalue weighted by Crippen LogP contribution is -2.54. The van der Waals surface area contributed by atoms with Gasteiger partial charge in [0.2, 0.25) is 0 Å². The molecule has 2 heteroatoms. The van der Waals surface area contributed by atoms with Crippen LogP contribution in [0, 0.1) is 5.92 Å². The molecule has 0 radical (unpaired) electrons. The monoisotopic (exact) mass is 195 g/mol. The smallest absolute Gasteiger partial charge is 0.175 e. The molecule has 1 aliphatic rings. The van der Waals surface area contributed by atoms with Crippen molar-refractivity contribution in [2.45, 2.75) is 38.6 Å². The fourth-order valence-corrected chi connectivity index (χ4v) is 2.22. The largest absolute Gasteiger partial charge is 0.294 e. The van der Waals surface area contributed by atoms with Gasteiger partial charge in [0, 0.05) is 6.54 Å². The number of likely N-dealkylation sites (tertiary alicyclic amines) is 1. The second-order valence-corrected chi connectivity index (χ2v) is 4.54. The van der Waals surface area contributed by atoms with Gasteiger partial charge in [0.1, 0.15) is 0 Å². The van der Waals surface area contributed by atoms with Crippen LogP contribution in [0.2, 0.25) is 0 Å². The van der Waals surface area contributed by atoms with E-state index in [9.17, 15) is 4.79 Å². The third-order valence-corrected chi connectivity index (χ3v) is 3.71. The summed E-state index contributed by atoms with van der Waals surface area (Å²) in [7, 11) is 2.04. The lowest BCUT2D eigenvalue weighted by molar-refractivity contribution is -0.127. The molecule has 0 N–H and O–H groups in total. The Balaban J connectivity index is 2.73. The number of hydrogen-bond donors (Lipinski definition) is 0. The van der Waals surface area contributed by atoms with Gasteiger partial charge in [-0.25, -0.2) is 0 Å². The molecule has 0 saturated carbocycles. The first kappa shape index (κ1) is 11.4. The van der Waals surface area contributed by atoms with Crippen LogP contribution in [0.5, 0.6) is 0 Å². The summed E-state index contributed by atoms with van der Waals surface area (Å²) in [5.41, 5.74) is -0.298. The van der Waals surface area contributed by atoms with Crippen molar-refractivity contribution >= 4 is 5.78 Å². The quantitative estimate of drug-likeness (QED) is 0.644. The summed E-state index contributed by atoms with van der Waals surface area (Å²) in [6.07, 6.45) is 4.80. The number of hydrogen-bond acceptors (Lipinski definition) is 2. The Morgan fingerprint density at radius 1 is 1.71 bits per heavy atom. The molecule has 1 fully saturated rings. The second-order valence-electron chi connectivity index (χ2n) is 4.54. The Hall–Kier alpha value is -0.630. The number of nitrogens with zero attached hydrogens (tertiary/aromatic N) is 1. The lowest BCUT2D eigenvalue weighted by atomic mass is 9.80. The summed E-state index contributed by atoms with van der Waals surface area (Å²) in [5.74, 6) is 0.917.